The van der Waals surface area contributed by atoms with Crippen LogP contribution in [-0.4, -0.2) is 52.0 Å². The standard InChI is InChI=1S/C26H33N5O2/c1-17-27-20(15-25(28-17)29-19-6-3-4-7-19)14-18-10-12-31(13-11-18)26(32)23-16-21-22(30-23)8-5-9-24(21)33-2/h5,8-9,15-16,18-19,30H,3-4,6-7,10-14H2,1-2H3,(H,27,28,29). The van der Waals surface area contributed by atoms with Gasteiger partial charge in [0.15, 0.2) is 0 Å². The summed E-state index contributed by atoms with van der Waals surface area (Å²) in [6, 6.07) is 10.4. The number of aryl methyl sites for hydroxylation is 1. The van der Waals surface area contributed by atoms with E-state index in [1.807, 2.05) is 36.1 Å². The van der Waals surface area contributed by atoms with E-state index >= 15 is 0 Å². The van der Waals surface area contributed by atoms with Crippen LogP contribution in [0.15, 0.2) is 30.3 Å². The van der Waals surface area contributed by atoms with Crippen LogP contribution in [0.4, 0.5) is 5.82 Å². The summed E-state index contributed by atoms with van der Waals surface area (Å²) in [7, 11) is 1.65. The average molecular weight is 448 g/mol. The molecule has 174 valence electrons. The largest absolute Gasteiger partial charge is 0.496 e. The van der Waals surface area contributed by atoms with E-state index < -0.39 is 0 Å². The molecule has 0 radical (unpaired) electrons. The lowest BCUT2D eigenvalue weighted by Gasteiger charge is -2.31. The molecule has 3 heterocycles. The fourth-order valence-electron chi connectivity index (χ4n) is 5.31. The van der Waals surface area contributed by atoms with Gasteiger partial charge in [0.2, 0.25) is 0 Å². The van der Waals surface area contributed by atoms with Crippen molar-refractivity contribution in [2.24, 2.45) is 5.92 Å². The molecule has 7 nitrogen and oxygen atoms in total. The van der Waals surface area contributed by atoms with Gasteiger partial charge in [-0.2, -0.15) is 0 Å². The third-order valence-electron chi connectivity index (χ3n) is 7.07. The lowest BCUT2D eigenvalue weighted by Crippen LogP contribution is -2.39. The van der Waals surface area contributed by atoms with Crippen LogP contribution in [0.2, 0.25) is 0 Å². The predicted molar refractivity (Wildman–Crippen MR) is 130 cm³/mol. The van der Waals surface area contributed by atoms with Gasteiger partial charge in [-0.1, -0.05) is 18.9 Å². The molecule has 1 saturated carbocycles. The van der Waals surface area contributed by atoms with Crippen LogP contribution in [0.5, 0.6) is 5.75 Å². The quantitative estimate of drug-likeness (QED) is 0.571. The molecule has 3 aromatic rings. The van der Waals surface area contributed by atoms with Gasteiger partial charge in [0, 0.05) is 41.8 Å². The number of methoxy groups -OCH3 is 1. The zero-order valence-electron chi connectivity index (χ0n) is 19.6. The number of hydrogen-bond acceptors (Lipinski definition) is 5. The van der Waals surface area contributed by atoms with E-state index in [4.69, 9.17) is 9.72 Å². The van der Waals surface area contributed by atoms with E-state index in [2.05, 4.69) is 21.4 Å². The number of carbonyl (C=O) groups excluding carboxylic acids is 1. The van der Waals surface area contributed by atoms with Crippen LogP contribution in [0, 0.1) is 12.8 Å². The van der Waals surface area contributed by atoms with Gasteiger partial charge in [-0.3, -0.25) is 4.79 Å². The summed E-state index contributed by atoms with van der Waals surface area (Å²) in [4.78, 5) is 27.6. The molecule has 0 unspecified atom stereocenters. The molecule has 2 N–H and O–H groups in total. The molecule has 0 bridgehead atoms. The smallest absolute Gasteiger partial charge is 0.270 e. The summed E-state index contributed by atoms with van der Waals surface area (Å²) in [5.74, 6) is 3.17. The first kappa shape index (κ1) is 21.7. The van der Waals surface area contributed by atoms with Gasteiger partial charge in [0.1, 0.15) is 23.1 Å². The van der Waals surface area contributed by atoms with Crippen molar-refractivity contribution in [1.82, 2.24) is 19.9 Å². The molecule has 1 aliphatic carbocycles. The molecule has 0 spiro atoms. The molecular weight excluding hydrogens is 414 g/mol. The number of nitrogens with zero attached hydrogens (tertiary/aromatic N) is 3. The predicted octanol–water partition coefficient (Wildman–Crippen LogP) is 4.72. The highest BCUT2D eigenvalue weighted by Crippen LogP contribution is 2.28. The van der Waals surface area contributed by atoms with Gasteiger partial charge < -0.3 is 19.9 Å². The minimum absolute atomic E-state index is 0.0626. The number of piperidine rings is 1. The fourth-order valence-corrected chi connectivity index (χ4v) is 5.31. The number of H-pyrrole nitrogens is 1. The van der Waals surface area contributed by atoms with Crippen LogP contribution >= 0.6 is 0 Å². The third kappa shape index (κ3) is 4.82. The van der Waals surface area contributed by atoms with Crippen molar-refractivity contribution in [2.45, 2.75) is 57.9 Å². The van der Waals surface area contributed by atoms with Gasteiger partial charge in [0.25, 0.3) is 5.91 Å². The molecule has 1 aliphatic heterocycles. The Morgan fingerprint density at radius 1 is 1.15 bits per heavy atom. The number of rotatable bonds is 6. The number of aromatic nitrogens is 3. The molecule has 2 aromatic heterocycles. The molecule has 7 heteroatoms. The minimum atomic E-state index is 0.0626. The molecule has 1 amide bonds. The number of aromatic amines is 1. The van der Waals surface area contributed by atoms with Crippen molar-refractivity contribution in [3.8, 4) is 5.75 Å². The molecule has 2 aliphatic rings. The molecule has 2 fully saturated rings. The highest BCUT2D eigenvalue weighted by molar-refractivity contribution is 5.99. The Morgan fingerprint density at radius 2 is 1.94 bits per heavy atom. The summed E-state index contributed by atoms with van der Waals surface area (Å²) in [6.45, 7) is 3.51. The molecule has 0 atom stereocenters. The van der Waals surface area contributed by atoms with Crippen molar-refractivity contribution in [3.63, 3.8) is 0 Å². The van der Waals surface area contributed by atoms with Crippen molar-refractivity contribution in [3.05, 3.63) is 47.5 Å². The molecule has 5 rings (SSSR count). The lowest BCUT2D eigenvalue weighted by molar-refractivity contribution is 0.0685. The highest BCUT2D eigenvalue weighted by Gasteiger charge is 2.26. The Labute approximate surface area is 195 Å². The first-order valence-electron chi connectivity index (χ1n) is 12.1. The average Bonchev–Trinajstić information content (AvgIpc) is 3.48. The van der Waals surface area contributed by atoms with E-state index in [1.54, 1.807) is 7.11 Å². The molecular formula is C26H33N5O2. The Hall–Kier alpha value is -3.09. The Bertz CT molecular complexity index is 1130. The number of likely N-dealkylation sites (tertiary alicyclic amines) is 1. The van der Waals surface area contributed by atoms with E-state index in [0.717, 1.165) is 66.3 Å². The summed E-state index contributed by atoms with van der Waals surface area (Å²) in [6.07, 6.45) is 7.99. The number of amides is 1. The number of carbonyl (C=O) groups is 1. The fraction of sp³-hybridized carbons (Fsp3) is 0.500. The normalized spacial score (nSPS) is 17.6. The monoisotopic (exact) mass is 447 g/mol. The van der Waals surface area contributed by atoms with E-state index in [1.165, 1.54) is 25.7 Å². The maximum atomic E-state index is 13.1. The van der Waals surface area contributed by atoms with Gasteiger partial charge in [-0.15, -0.1) is 0 Å². The Balaban J connectivity index is 1.20. The van der Waals surface area contributed by atoms with Crippen LogP contribution in [-0.2, 0) is 6.42 Å². The minimum Gasteiger partial charge on any atom is -0.496 e. The number of anilines is 1. The topological polar surface area (TPSA) is 83.1 Å². The van der Waals surface area contributed by atoms with Gasteiger partial charge >= 0.3 is 0 Å². The van der Waals surface area contributed by atoms with Crippen molar-refractivity contribution in [1.29, 1.82) is 0 Å². The number of hydrogen-bond donors (Lipinski definition) is 2. The second-order valence-electron chi connectivity index (χ2n) is 9.46. The van der Waals surface area contributed by atoms with Crippen LogP contribution in [0.25, 0.3) is 10.9 Å². The van der Waals surface area contributed by atoms with Gasteiger partial charge in [-0.05, 0) is 63.1 Å². The lowest BCUT2D eigenvalue weighted by atomic mass is 9.92. The highest BCUT2D eigenvalue weighted by atomic mass is 16.5. The van der Waals surface area contributed by atoms with Crippen molar-refractivity contribution >= 4 is 22.6 Å². The van der Waals surface area contributed by atoms with E-state index in [9.17, 15) is 4.79 Å². The van der Waals surface area contributed by atoms with Crippen LogP contribution < -0.4 is 10.1 Å². The number of ether oxygens (including phenoxy) is 1. The SMILES string of the molecule is COc1cccc2[nH]c(C(=O)N3CCC(Cc4cc(NC5CCCC5)nc(C)n4)CC3)cc12. The summed E-state index contributed by atoms with van der Waals surface area (Å²) in [5, 5.41) is 4.55. The molecule has 1 saturated heterocycles. The Morgan fingerprint density at radius 3 is 2.70 bits per heavy atom. The second-order valence-corrected chi connectivity index (χ2v) is 9.46. The first-order chi connectivity index (χ1) is 16.1. The zero-order valence-corrected chi connectivity index (χ0v) is 19.6. The number of nitrogens with one attached hydrogen (secondary N) is 2. The van der Waals surface area contributed by atoms with Crippen LogP contribution in [0.3, 0.4) is 0 Å². The number of fused-ring (bicyclic) bond motifs is 1. The van der Waals surface area contributed by atoms with E-state index in [0.29, 0.717) is 17.7 Å². The summed E-state index contributed by atoms with van der Waals surface area (Å²) < 4.78 is 5.43. The molecule has 1 aromatic carbocycles. The second kappa shape index (κ2) is 9.41. The van der Waals surface area contributed by atoms with Gasteiger partial charge in [-0.25, -0.2) is 9.97 Å². The number of benzene rings is 1. The van der Waals surface area contributed by atoms with E-state index in [-0.39, 0.29) is 5.91 Å². The maximum Gasteiger partial charge on any atom is 0.270 e. The van der Waals surface area contributed by atoms with Gasteiger partial charge in [0.05, 0.1) is 7.11 Å². The molecule has 33 heavy (non-hydrogen) atoms. The summed E-state index contributed by atoms with van der Waals surface area (Å²) in [5.41, 5.74) is 2.66. The Kier molecular flexibility index (Phi) is 6.20. The van der Waals surface area contributed by atoms with Crippen molar-refractivity contribution < 1.29 is 9.53 Å². The van der Waals surface area contributed by atoms with Crippen molar-refractivity contribution in [2.75, 3.05) is 25.5 Å². The van der Waals surface area contributed by atoms with Crippen LogP contribution in [0.1, 0.15) is 60.5 Å². The third-order valence-corrected chi connectivity index (χ3v) is 7.07. The zero-order chi connectivity index (χ0) is 22.8. The maximum absolute atomic E-state index is 13.1. The summed E-state index contributed by atoms with van der Waals surface area (Å²) >= 11 is 0. The first-order valence-corrected chi connectivity index (χ1v) is 12.1.